The number of hydrogen-bond acceptors (Lipinski definition) is 4. The van der Waals surface area contributed by atoms with Gasteiger partial charge in [0, 0.05) is 37.6 Å². The number of aromatic nitrogens is 2. The van der Waals surface area contributed by atoms with Crippen LogP contribution in [0.15, 0.2) is 36.4 Å². The van der Waals surface area contributed by atoms with E-state index in [0.717, 1.165) is 41.2 Å². The molecule has 1 fully saturated rings. The molecule has 2 heterocycles. The van der Waals surface area contributed by atoms with Gasteiger partial charge in [0.15, 0.2) is 0 Å². The Bertz CT molecular complexity index is 1080. The molecule has 7 heteroatoms. The van der Waals surface area contributed by atoms with E-state index in [2.05, 4.69) is 52.2 Å². The van der Waals surface area contributed by atoms with Crippen molar-refractivity contribution in [2.24, 2.45) is 0 Å². The van der Waals surface area contributed by atoms with Crippen LogP contribution >= 0.6 is 12.4 Å². The van der Waals surface area contributed by atoms with E-state index >= 15 is 0 Å². The summed E-state index contributed by atoms with van der Waals surface area (Å²) in [5, 5.41) is 3.01. The summed E-state index contributed by atoms with van der Waals surface area (Å²) in [6.07, 6.45) is 0. The minimum Gasteiger partial charge on any atom is -0.368 e. The first kappa shape index (κ1) is 21.8. The zero-order valence-corrected chi connectivity index (χ0v) is 18.7. The van der Waals surface area contributed by atoms with Gasteiger partial charge in [-0.05, 0) is 63.1 Å². The molecule has 2 aromatic carbocycles. The van der Waals surface area contributed by atoms with Gasteiger partial charge in [0.05, 0.1) is 22.4 Å². The molecule has 30 heavy (non-hydrogen) atoms. The normalized spacial score (nSPS) is 13.9. The van der Waals surface area contributed by atoms with E-state index in [4.69, 9.17) is 0 Å². The monoisotopic (exact) mass is 425 g/mol. The molecule has 0 unspecified atom stereocenters. The number of carbonyl (C=O) groups excluding carboxylic acids is 1. The van der Waals surface area contributed by atoms with Crippen LogP contribution in [0.4, 0.5) is 16.2 Å². The molecule has 1 saturated heterocycles. The number of nitrogens with one attached hydrogen (secondary N) is 1. The van der Waals surface area contributed by atoms with E-state index in [1.165, 1.54) is 16.8 Å². The van der Waals surface area contributed by atoms with E-state index in [-0.39, 0.29) is 18.4 Å². The number of benzene rings is 2. The molecule has 4 rings (SSSR count). The number of halogens is 1. The Morgan fingerprint density at radius 3 is 2.27 bits per heavy atom. The third-order valence-corrected chi connectivity index (χ3v) is 5.81. The fourth-order valence-corrected chi connectivity index (χ4v) is 3.74. The Kier molecular flexibility index (Phi) is 6.46. The maximum Gasteiger partial charge on any atom is 0.321 e. The minimum atomic E-state index is -0.0678. The zero-order chi connectivity index (χ0) is 20.5. The Balaban J connectivity index is 0.00000256. The van der Waals surface area contributed by atoms with Crippen LogP contribution in [0.2, 0.25) is 0 Å². The predicted molar refractivity (Wildman–Crippen MR) is 125 cm³/mol. The number of aryl methyl sites for hydroxylation is 3. The summed E-state index contributed by atoms with van der Waals surface area (Å²) in [6, 6.07) is 12.0. The van der Waals surface area contributed by atoms with Crippen LogP contribution in [0.5, 0.6) is 0 Å². The second-order valence-corrected chi connectivity index (χ2v) is 7.72. The van der Waals surface area contributed by atoms with Gasteiger partial charge in [0.2, 0.25) is 0 Å². The van der Waals surface area contributed by atoms with E-state index in [1.54, 1.807) is 0 Å². The third-order valence-electron chi connectivity index (χ3n) is 5.81. The molecule has 1 aromatic heterocycles. The Hall–Kier alpha value is -2.86. The van der Waals surface area contributed by atoms with E-state index in [0.29, 0.717) is 13.1 Å². The van der Waals surface area contributed by atoms with Crippen LogP contribution in [-0.4, -0.2) is 47.1 Å². The van der Waals surface area contributed by atoms with Crippen LogP contribution < -0.4 is 10.2 Å². The van der Waals surface area contributed by atoms with Gasteiger partial charge < -0.3 is 15.1 Å². The summed E-state index contributed by atoms with van der Waals surface area (Å²) in [5.41, 5.74) is 8.10. The van der Waals surface area contributed by atoms with Crippen molar-refractivity contribution in [3.63, 3.8) is 0 Å². The van der Waals surface area contributed by atoms with Gasteiger partial charge in [-0.15, -0.1) is 12.4 Å². The third kappa shape index (κ3) is 4.33. The Morgan fingerprint density at radius 2 is 1.57 bits per heavy atom. The largest absolute Gasteiger partial charge is 0.368 e. The number of carbonyl (C=O) groups is 1. The lowest BCUT2D eigenvalue weighted by Crippen LogP contribution is -2.50. The van der Waals surface area contributed by atoms with Gasteiger partial charge in [0.1, 0.15) is 0 Å². The van der Waals surface area contributed by atoms with Gasteiger partial charge in [0.25, 0.3) is 0 Å². The van der Waals surface area contributed by atoms with Crippen molar-refractivity contribution in [1.82, 2.24) is 14.9 Å². The molecule has 158 valence electrons. The highest BCUT2D eigenvalue weighted by molar-refractivity contribution is 5.92. The molecule has 6 nitrogen and oxygen atoms in total. The molecule has 1 aliphatic heterocycles. The highest BCUT2D eigenvalue weighted by atomic mass is 35.5. The van der Waals surface area contributed by atoms with E-state index in [9.17, 15) is 4.79 Å². The van der Waals surface area contributed by atoms with Crippen molar-refractivity contribution in [2.45, 2.75) is 27.7 Å². The number of anilines is 2. The molecule has 0 aliphatic carbocycles. The summed E-state index contributed by atoms with van der Waals surface area (Å²) in [5.74, 6) is 0. The molecule has 0 bridgehead atoms. The summed E-state index contributed by atoms with van der Waals surface area (Å²) in [4.78, 5) is 26.1. The first-order valence-electron chi connectivity index (χ1n) is 10.0. The standard InChI is InChI=1S/C23H27N5O.ClH/c1-15-6-5-7-22(16(15)2)27-10-12-28(13-11-27)23(29)26-19-8-9-20-21(14-19)25-18(4)17(3)24-20;/h5-9,14H,10-13H2,1-4H3,(H,26,29);1H. The summed E-state index contributed by atoms with van der Waals surface area (Å²) in [7, 11) is 0. The van der Waals surface area contributed by atoms with Crippen molar-refractivity contribution in [1.29, 1.82) is 0 Å². The lowest BCUT2D eigenvalue weighted by Gasteiger charge is -2.37. The average Bonchev–Trinajstić information content (AvgIpc) is 2.71. The molecular formula is C23H28ClN5O. The summed E-state index contributed by atoms with van der Waals surface area (Å²) < 4.78 is 0. The SMILES string of the molecule is Cc1cccc(N2CCN(C(=O)Nc3ccc4nc(C)c(C)nc4c3)CC2)c1C.Cl. The Morgan fingerprint density at radius 1 is 0.900 bits per heavy atom. The summed E-state index contributed by atoms with van der Waals surface area (Å²) >= 11 is 0. The zero-order valence-electron chi connectivity index (χ0n) is 17.9. The molecular weight excluding hydrogens is 398 g/mol. The topological polar surface area (TPSA) is 61.4 Å². The number of rotatable bonds is 2. The van der Waals surface area contributed by atoms with Gasteiger partial charge in [-0.1, -0.05) is 12.1 Å². The quantitative estimate of drug-likeness (QED) is 0.649. The number of hydrogen-bond donors (Lipinski definition) is 1. The van der Waals surface area contributed by atoms with Crippen molar-refractivity contribution in [3.8, 4) is 0 Å². The second-order valence-electron chi connectivity index (χ2n) is 7.72. The minimum absolute atomic E-state index is 0. The van der Waals surface area contributed by atoms with E-state index < -0.39 is 0 Å². The van der Waals surface area contributed by atoms with Gasteiger partial charge in [-0.2, -0.15) is 0 Å². The molecule has 1 aliphatic rings. The molecule has 1 N–H and O–H groups in total. The maximum absolute atomic E-state index is 12.7. The average molecular weight is 426 g/mol. The smallest absolute Gasteiger partial charge is 0.321 e. The van der Waals surface area contributed by atoms with Crippen LogP contribution in [0.25, 0.3) is 11.0 Å². The molecule has 0 radical (unpaired) electrons. The fraction of sp³-hybridized carbons (Fsp3) is 0.348. The molecule has 0 atom stereocenters. The first-order valence-corrected chi connectivity index (χ1v) is 10.0. The molecule has 0 spiro atoms. The van der Waals surface area contributed by atoms with Crippen LogP contribution in [0.1, 0.15) is 22.5 Å². The molecule has 2 amide bonds. The van der Waals surface area contributed by atoms with Crippen LogP contribution in [0, 0.1) is 27.7 Å². The number of amides is 2. The number of fused-ring (bicyclic) bond motifs is 1. The number of urea groups is 1. The maximum atomic E-state index is 12.7. The van der Waals surface area contributed by atoms with Gasteiger partial charge >= 0.3 is 6.03 Å². The lowest BCUT2D eigenvalue weighted by atomic mass is 10.1. The van der Waals surface area contributed by atoms with Crippen LogP contribution in [-0.2, 0) is 0 Å². The highest BCUT2D eigenvalue weighted by Crippen LogP contribution is 2.24. The van der Waals surface area contributed by atoms with Crippen molar-refractivity contribution >= 4 is 40.8 Å². The van der Waals surface area contributed by atoms with Gasteiger partial charge in [-0.25, -0.2) is 14.8 Å². The Labute approximate surface area is 183 Å². The second kappa shape index (κ2) is 8.88. The number of nitrogens with zero attached hydrogens (tertiary/aromatic N) is 4. The van der Waals surface area contributed by atoms with E-state index in [1.807, 2.05) is 36.9 Å². The highest BCUT2D eigenvalue weighted by Gasteiger charge is 2.22. The van der Waals surface area contributed by atoms with Crippen molar-refractivity contribution < 1.29 is 4.79 Å². The van der Waals surface area contributed by atoms with Crippen molar-refractivity contribution in [2.75, 3.05) is 36.4 Å². The molecule has 3 aromatic rings. The fourth-order valence-electron chi connectivity index (χ4n) is 3.74. The predicted octanol–water partition coefficient (Wildman–Crippen LogP) is 4.64. The molecule has 0 saturated carbocycles. The van der Waals surface area contributed by atoms with Crippen molar-refractivity contribution in [3.05, 3.63) is 58.9 Å². The van der Waals surface area contributed by atoms with Crippen LogP contribution in [0.3, 0.4) is 0 Å². The lowest BCUT2D eigenvalue weighted by molar-refractivity contribution is 0.208. The summed E-state index contributed by atoms with van der Waals surface area (Å²) in [6.45, 7) is 11.3. The number of piperazine rings is 1. The van der Waals surface area contributed by atoms with Gasteiger partial charge in [-0.3, -0.25) is 0 Å². The first-order chi connectivity index (χ1) is 13.9.